The quantitative estimate of drug-likeness (QED) is 0.814. The number of aliphatic hydroxyl groups is 1. The van der Waals surface area contributed by atoms with E-state index >= 15 is 0 Å². The first-order valence-electron chi connectivity index (χ1n) is 5.49. The minimum atomic E-state index is -0.187. The first-order chi connectivity index (χ1) is 7.09. The second-order valence-electron chi connectivity index (χ2n) is 4.34. The van der Waals surface area contributed by atoms with E-state index in [4.69, 9.17) is 0 Å². The molecule has 0 saturated heterocycles. The van der Waals surface area contributed by atoms with Crippen LogP contribution in [0.25, 0.3) is 0 Å². The molecule has 0 saturated carbocycles. The normalized spacial score (nSPS) is 15.3. The zero-order chi connectivity index (χ0) is 11.3. The van der Waals surface area contributed by atoms with Crippen LogP contribution >= 0.6 is 0 Å². The van der Waals surface area contributed by atoms with E-state index in [1.165, 1.54) is 4.46 Å². The van der Waals surface area contributed by atoms with Gasteiger partial charge in [0.15, 0.2) is 0 Å². The number of hydrogen-bond donors (Lipinski definition) is 1. The van der Waals surface area contributed by atoms with E-state index in [1.54, 1.807) is 0 Å². The Morgan fingerprint density at radius 2 is 1.73 bits per heavy atom. The molecule has 84 valence electrons. The SMILES string of the molecule is CC(C)CC([Se]c1ccccc1)C(C)O. The molecular weight excluding hydrogens is 251 g/mol. The van der Waals surface area contributed by atoms with Crippen LogP contribution in [0.5, 0.6) is 0 Å². The Kier molecular flexibility index (Phi) is 5.38. The molecule has 2 atom stereocenters. The maximum atomic E-state index is 9.74. The van der Waals surface area contributed by atoms with Crippen molar-refractivity contribution in [1.29, 1.82) is 0 Å². The van der Waals surface area contributed by atoms with Crippen LogP contribution in [-0.4, -0.2) is 26.2 Å². The molecule has 0 amide bonds. The summed E-state index contributed by atoms with van der Waals surface area (Å²) in [5.74, 6) is 0.662. The summed E-state index contributed by atoms with van der Waals surface area (Å²) in [7, 11) is 0. The average molecular weight is 271 g/mol. The van der Waals surface area contributed by atoms with E-state index in [9.17, 15) is 5.11 Å². The fourth-order valence-electron chi connectivity index (χ4n) is 1.48. The van der Waals surface area contributed by atoms with Crippen LogP contribution in [0.1, 0.15) is 27.2 Å². The summed E-state index contributed by atoms with van der Waals surface area (Å²) >= 11 is 0.389. The zero-order valence-electron chi connectivity index (χ0n) is 9.68. The summed E-state index contributed by atoms with van der Waals surface area (Å²) in [5.41, 5.74) is 0. The van der Waals surface area contributed by atoms with E-state index in [1.807, 2.05) is 13.0 Å². The third-order valence-electron chi connectivity index (χ3n) is 2.27. The van der Waals surface area contributed by atoms with Gasteiger partial charge in [0.05, 0.1) is 0 Å². The van der Waals surface area contributed by atoms with Crippen molar-refractivity contribution < 1.29 is 5.11 Å². The van der Waals surface area contributed by atoms with Crippen molar-refractivity contribution in [3.63, 3.8) is 0 Å². The van der Waals surface area contributed by atoms with Gasteiger partial charge in [0.2, 0.25) is 0 Å². The van der Waals surface area contributed by atoms with Gasteiger partial charge in [-0.15, -0.1) is 0 Å². The predicted octanol–water partition coefficient (Wildman–Crippen LogP) is 2.23. The Hall–Kier alpha value is -0.301. The molecule has 1 N–H and O–H groups in total. The van der Waals surface area contributed by atoms with Gasteiger partial charge in [0.1, 0.15) is 0 Å². The van der Waals surface area contributed by atoms with Gasteiger partial charge in [-0.05, 0) is 0 Å². The van der Waals surface area contributed by atoms with E-state index in [-0.39, 0.29) is 6.10 Å². The predicted molar refractivity (Wildman–Crippen MR) is 66.7 cm³/mol. The number of aliphatic hydroxyl groups excluding tert-OH is 1. The standard InChI is InChI=1S/C13H20OSe/c1-10(2)9-13(11(3)14)15-12-7-5-4-6-8-12/h4-8,10-11,13-14H,9H2,1-3H3. The van der Waals surface area contributed by atoms with Crippen LogP contribution in [0.2, 0.25) is 4.82 Å². The summed E-state index contributed by atoms with van der Waals surface area (Å²) in [4.78, 5) is 0.444. The first-order valence-corrected chi connectivity index (χ1v) is 7.34. The molecular formula is C13H20OSe. The van der Waals surface area contributed by atoms with Gasteiger partial charge < -0.3 is 0 Å². The molecule has 1 aromatic carbocycles. The van der Waals surface area contributed by atoms with Crippen LogP contribution in [-0.2, 0) is 0 Å². The van der Waals surface area contributed by atoms with Gasteiger partial charge in [0, 0.05) is 0 Å². The van der Waals surface area contributed by atoms with Crippen LogP contribution in [0.3, 0.4) is 0 Å². The summed E-state index contributed by atoms with van der Waals surface area (Å²) in [6, 6.07) is 10.5. The van der Waals surface area contributed by atoms with Crippen molar-refractivity contribution in [2.45, 2.75) is 38.1 Å². The van der Waals surface area contributed by atoms with Crippen LogP contribution in [0, 0.1) is 5.92 Å². The fourth-order valence-corrected chi connectivity index (χ4v) is 4.30. The van der Waals surface area contributed by atoms with Gasteiger partial charge in [-0.2, -0.15) is 0 Å². The van der Waals surface area contributed by atoms with Crippen LogP contribution in [0.4, 0.5) is 0 Å². The summed E-state index contributed by atoms with van der Waals surface area (Å²) < 4.78 is 1.39. The monoisotopic (exact) mass is 272 g/mol. The van der Waals surface area contributed by atoms with Gasteiger partial charge in [-0.1, -0.05) is 0 Å². The Labute approximate surface area is 99.1 Å². The van der Waals surface area contributed by atoms with Crippen LogP contribution < -0.4 is 4.46 Å². The van der Waals surface area contributed by atoms with Crippen molar-refractivity contribution in [3.8, 4) is 0 Å². The third-order valence-corrected chi connectivity index (χ3v) is 5.28. The molecule has 2 heteroatoms. The van der Waals surface area contributed by atoms with Crippen molar-refractivity contribution in [1.82, 2.24) is 0 Å². The summed E-state index contributed by atoms with van der Waals surface area (Å²) in [6.45, 7) is 6.35. The Morgan fingerprint density at radius 3 is 2.20 bits per heavy atom. The molecule has 1 nitrogen and oxygen atoms in total. The molecule has 0 aliphatic heterocycles. The zero-order valence-corrected chi connectivity index (χ0v) is 11.4. The second kappa shape index (κ2) is 6.32. The Balaban J connectivity index is 2.59. The van der Waals surface area contributed by atoms with E-state index in [0.29, 0.717) is 25.7 Å². The minimum absolute atomic E-state index is 0.187. The molecule has 0 fully saturated rings. The molecule has 1 rings (SSSR count). The third kappa shape index (κ3) is 4.83. The van der Waals surface area contributed by atoms with Gasteiger partial charge >= 0.3 is 98.9 Å². The molecule has 0 bridgehead atoms. The molecule has 15 heavy (non-hydrogen) atoms. The molecule has 0 aliphatic rings. The first kappa shape index (κ1) is 12.8. The molecule has 1 aromatic rings. The van der Waals surface area contributed by atoms with E-state index in [2.05, 4.69) is 38.1 Å². The van der Waals surface area contributed by atoms with Crippen molar-refractivity contribution in [2.75, 3.05) is 0 Å². The van der Waals surface area contributed by atoms with E-state index < -0.39 is 0 Å². The molecule has 2 unspecified atom stereocenters. The van der Waals surface area contributed by atoms with Gasteiger partial charge in [-0.3, -0.25) is 0 Å². The Bertz CT molecular complexity index is 269. The second-order valence-corrected chi connectivity index (χ2v) is 7.09. The summed E-state index contributed by atoms with van der Waals surface area (Å²) in [6.07, 6.45) is 0.930. The molecule has 0 aromatic heterocycles. The molecule has 0 radical (unpaired) electrons. The van der Waals surface area contributed by atoms with Crippen molar-refractivity contribution in [3.05, 3.63) is 30.3 Å². The summed E-state index contributed by atoms with van der Waals surface area (Å²) in [5, 5.41) is 9.74. The Morgan fingerprint density at radius 1 is 1.13 bits per heavy atom. The molecule has 0 spiro atoms. The topological polar surface area (TPSA) is 20.2 Å². The molecule has 0 aliphatic carbocycles. The average Bonchev–Trinajstić information content (AvgIpc) is 2.17. The van der Waals surface area contributed by atoms with Crippen molar-refractivity contribution in [2.24, 2.45) is 5.92 Å². The van der Waals surface area contributed by atoms with Crippen LogP contribution in [0.15, 0.2) is 30.3 Å². The van der Waals surface area contributed by atoms with Gasteiger partial charge in [0.25, 0.3) is 0 Å². The van der Waals surface area contributed by atoms with E-state index in [0.717, 1.165) is 6.42 Å². The molecule has 0 heterocycles. The van der Waals surface area contributed by atoms with Gasteiger partial charge in [-0.25, -0.2) is 0 Å². The maximum absolute atomic E-state index is 9.74. The number of benzene rings is 1. The number of rotatable bonds is 5. The number of hydrogen-bond acceptors (Lipinski definition) is 1. The van der Waals surface area contributed by atoms with Crippen molar-refractivity contribution >= 4 is 19.4 Å². The fraction of sp³-hybridized carbons (Fsp3) is 0.538.